The van der Waals surface area contributed by atoms with Gasteiger partial charge in [-0.05, 0) is 19.3 Å². The minimum absolute atomic E-state index is 0.271. The van der Waals surface area contributed by atoms with Crippen molar-refractivity contribution in [3.8, 4) is 0 Å². The Morgan fingerprint density at radius 2 is 2.08 bits per heavy atom. The highest BCUT2D eigenvalue weighted by Gasteiger charge is 2.10. The zero-order valence-corrected chi connectivity index (χ0v) is 9.14. The van der Waals surface area contributed by atoms with Crippen molar-refractivity contribution in [2.75, 3.05) is 0 Å². The molecule has 74 valence electrons. The van der Waals surface area contributed by atoms with Crippen molar-refractivity contribution >= 4 is 11.3 Å². The Kier molecular flexibility index (Phi) is 3.81. The standard InChI is InChI=1S/C9H16N2OS/c1-6(2)4-8(12)5-9-11-10-7(3)13-9/h6,8,12H,4-5H2,1-3H3. The quantitative estimate of drug-likeness (QED) is 0.806. The Balaban J connectivity index is 2.40. The molecule has 0 spiro atoms. The maximum absolute atomic E-state index is 9.62. The molecule has 0 aliphatic rings. The van der Waals surface area contributed by atoms with E-state index in [9.17, 15) is 5.11 Å². The van der Waals surface area contributed by atoms with Gasteiger partial charge in [0.15, 0.2) is 0 Å². The second-order valence-corrected chi connectivity index (χ2v) is 4.97. The summed E-state index contributed by atoms with van der Waals surface area (Å²) in [5, 5.41) is 19.4. The Morgan fingerprint density at radius 1 is 1.38 bits per heavy atom. The van der Waals surface area contributed by atoms with Crippen LogP contribution in [0.15, 0.2) is 0 Å². The average molecular weight is 200 g/mol. The summed E-state index contributed by atoms with van der Waals surface area (Å²) in [7, 11) is 0. The monoisotopic (exact) mass is 200 g/mol. The number of nitrogens with zero attached hydrogens (tertiary/aromatic N) is 2. The topological polar surface area (TPSA) is 46.0 Å². The van der Waals surface area contributed by atoms with Gasteiger partial charge in [-0.1, -0.05) is 13.8 Å². The third-order valence-corrected chi connectivity index (χ3v) is 2.58. The molecule has 0 saturated heterocycles. The molecule has 0 fully saturated rings. The molecule has 4 heteroatoms. The first kappa shape index (κ1) is 10.6. The van der Waals surface area contributed by atoms with Crippen molar-refractivity contribution in [2.24, 2.45) is 5.92 Å². The van der Waals surface area contributed by atoms with Crippen molar-refractivity contribution in [1.82, 2.24) is 10.2 Å². The molecule has 1 aromatic heterocycles. The van der Waals surface area contributed by atoms with Gasteiger partial charge in [0.1, 0.15) is 10.0 Å². The van der Waals surface area contributed by atoms with Gasteiger partial charge in [-0.25, -0.2) is 0 Å². The van der Waals surface area contributed by atoms with Crippen molar-refractivity contribution in [3.05, 3.63) is 10.0 Å². The summed E-state index contributed by atoms with van der Waals surface area (Å²) < 4.78 is 0. The molecular formula is C9H16N2OS. The predicted molar refractivity (Wildman–Crippen MR) is 53.8 cm³/mol. The zero-order chi connectivity index (χ0) is 9.84. The number of aryl methyl sites for hydroxylation is 1. The van der Waals surface area contributed by atoms with E-state index in [1.165, 1.54) is 0 Å². The van der Waals surface area contributed by atoms with Crippen molar-refractivity contribution < 1.29 is 5.11 Å². The molecule has 1 rings (SSSR count). The van der Waals surface area contributed by atoms with Crippen LogP contribution in [0.4, 0.5) is 0 Å². The van der Waals surface area contributed by atoms with Crippen LogP contribution in [0, 0.1) is 12.8 Å². The van der Waals surface area contributed by atoms with Gasteiger partial charge in [-0.3, -0.25) is 0 Å². The van der Waals surface area contributed by atoms with E-state index in [0.717, 1.165) is 16.4 Å². The first-order valence-corrected chi connectivity index (χ1v) is 5.36. The molecule has 0 bridgehead atoms. The summed E-state index contributed by atoms with van der Waals surface area (Å²) in [6.45, 7) is 6.14. The largest absolute Gasteiger partial charge is 0.393 e. The van der Waals surface area contributed by atoms with Crippen LogP contribution < -0.4 is 0 Å². The highest BCUT2D eigenvalue weighted by molar-refractivity contribution is 7.11. The third kappa shape index (κ3) is 3.83. The first-order chi connectivity index (χ1) is 6.08. The molecule has 0 saturated carbocycles. The van der Waals surface area contributed by atoms with Crippen LogP contribution in [-0.4, -0.2) is 21.4 Å². The van der Waals surface area contributed by atoms with Crippen molar-refractivity contribution in [2.45, 2.75) is 39.7 Å². The molecule has 0 aliphatic carbocycles. The van der Waals surface area contributed by atoms with Crippen LogP contribution in [-0.2, 0) is 6.42 Å². The molecule has 0 aromatic carbocycles. The molecule has 3 nitrogen and oxygen atoms in total. The summed E-state index contributed by atoms with van der Waals surface area (Å²) in [6, 6.07) is 0. The number of rotatable bonds is 4. The van der Waals surface area contributed by atoms with Gasteiger partial charge in [0.2, 0.25) is 0 Å². The van der Waals surface area contributed by atoms with E-state index in [2.05, 4.69) is 24.0 Å². The number of aromatic nitrogens is 2. The molecule has 1 unspecified atom stereocenters. The lowest BCUT2D eigenvalue weighted by Gasteiger charge is -2.10. The van der Waals surface area contributed by atoms with Gasteiger partial charge < -0.3 is 5.11 Å². The van der Waals surface area contributed by atoms with Crippen LogP contribution in [0.5, 0.6) is 0 Å². The zero-order valence-electron chi connectivity index (χ0n) is 8.32. The average Bonchev–Trinajstić information content (AvgIpc) is 2.33. The summed E-state index contributed by atoms with van der Waals surface area (Å²) in [6.07, 6.45) is 1.20. The minimum Gasteiger partial charge on any atom is -0.393 e. The number of aliphatic hydroxyl groups is 1. The van der Waals surface area contributed by atoms with Crippen molar-refractivity contribution in [3.63, 3.8) is 0 Å². The fourth-order valence-corrected chi connectivity index (χ4v) is 2.03. The van der Waals surface area contributed by atoms with E-state index in [-0.39, 0.29) is 6.10 Å². The second kappa shape index (κ2) is 4.67. The van der Waals surface area contributed by atoms with Crippen molar-refractivity contribution in [1.29, 1.82) is 0 Å². The Hall–Kier alpha value is -0.480. The number of hydrogen-bond acceptors (Lipinski definition) is 4. The van der Waals surface area contributed by atoms with Crippen LogP contribution in [0.25, 0.3) is 0 Å². The molecule has 0 radical (unpaired) electrons. The lowest BCUT2D eigenvalue weighted by Crippen LogP contribution is -2.13. The summed E-state index contributed by atoms with van der Waals surface area (Å²) >= 11 is 1.56. The highest BCUT2D eigenvalue weighted by atomic mass is 32.1. The molecule has 1 aromatic rings. The third-order valence-electron chi connectivity index (χ3n) is 1.72. The van der Waals surface area contributed by atoms with Crippen LogP contribution in [0.2, 0.25) is 0 Å². The molecular weight excluding hydrogens is 184 g/mol. The van der Waals surface area contributed by atoms with Gasteiger partial charge in [0.05, 0.1) is 6.10 Å². The van der Waals surface area contributed by atoms with Crippen LogP contribution in [0.1, 0.15) is 30.3 Å². The number of hydrogen-bond donors (Lipinski definition) is 1. The summed E-state index contributed by atoms with van der Waals surface area (Å²) in [5.41, 5.74) is 0. The van der Waals surface area contributed by atoms with Gasteiger partial charge in [-0.2, -0.15) is 0 Å². The predicted octanol–water partition coefficient (Wildman–Crippen LogP) is 1.80. The Morgan fingerprint density at radius 3 is 2.54 bits per heavy atom. The molecule has 0 amide bonds. The fourth-order valence-electron chi connectivity index (χ4n) is 1.25. The van der Waals surface area contributed by atoms with Gasteiger partial charge in [-0.15, -0.1) is 21.5 Å². The van der Waals surface area contributed by atoms with Gasteiger partial charge in [0.25, 0.3) is 0 Å². The van der Waals surface area contributed by atoms with E-state index in [0.29, 0.717) is 12.3 Å². The van der Waals surface area contributed by atoms with E-state index in [4.69, 9.17) is 0 Å². The molecule has 1 atom stereocenters. The van der Waals surface area contributed by atoms with Crippen LogP contribution in [0.3, 0.4) is 0 Å². The molecule has 1 N–H and O–H groups in total. The summed E-state index contributed by atoms with van der Waals surface area (Å²) in [5.74, 6) is 0.531. The van der Waals surface area contributed by atoms with Gasteiger partial charge in [0, 0.05) is 6.42 Å². The molecule has 13 heavy (non-hydrogen) atoms. The SMILES string of the molecule is Cc1nnc(CC(O)CC(C)C)s1. The van der Waals surface area contributed by atoms with E-state index in [1.54, 1.807) is 11.3 Å². The molecule has 0 aliphatic heterocycles. The normalized spacial score (nSPS) is 13.6. The van der Waals surface area contributed by atoms with E-state index >= 15 is 0 Å². The number of aliphatic hydroxyl groups excluding tert-OH is 1. The highest BCUT2D eigenvalue weighted by Crippen LogP contribution is 2.14. The van der Waals surface area contributed by atoms with E-state index < -0.39 is 0 Å². The smallest absolute Gasteiger partial charge is 0.120 e. The Bertz CT molecular complexity index is 260. The lowest BCUT2D eigenvalue weighted by atomic mass is 10.0. The lowest BCUT2D eigenvalue weighted by molar-refractivity contribution is 0.149. The maximum atomic E-state index is 9.62. The van der Waals surface area contributed by atoms with Crippen LogP contribution >= 0.6 is 11.3 Å². The second-order valence-electron chi connectivity index (χ2n) is 3.70. The Labute approximate surface area is 82.8 Å². The van der Waals surface area contributed by atoms with Gasteiger partial charge >= 0.3 is 0 Å². The molecule has 1 heterocycles. The minimum atomic E-state index is -0.271. The first-order valence-electron chi connectivity index (χ1n) is 4.55. The summed E-state index contributed by atoms with van der Waals surface area (Å²) in [4.78, 5) is 0. The fraction of sp³-hybridized carbons (Fsp3) is 0.778. The maximum Gasteiger partial charge on any atom is 0.120 e. The van der Waals surface area contributed by atoms with E-state index in [1.807, 2.05) is 6.92 Å².